The van der Waals surface area contributed by atoms with Gasteiger partial charge in [0, 0.05) is 16.6 Å². The van der Waals surface area contributed by atoms with Crippen molar-refractivity contribution in [1.82, 2.24) is 5.32 Å². The van der Waals surface area contributed by atoms with E-state index in [2.05, 4.69) is 5.32 Å². The number of fused-ring (bicyclic) bond motifs is 2. The van der Waals surface area contributed by atoms with Crippen molar-refractivity contribution >= 4 is 17.5 Å². The molecule has 2 fully saturated rings. The molecule has 3 rings (SSSR count). The van der Waals surface area contributed by atoms with E-state index < -0.39 is 0 Å². The zero-order chi connectivity index (χ0) is 11.8. The number of hydrogen-bond donors (Lipinski definition) is 1. The second-order valence-electron chi connectivity index (χ2n) is 5.27. The molecule has 0 aliphatic heterocycles. The molecule has 2 saturated carbocycles. The summed E-state index contributed by atoms with van der Waals surface area (Å²) < 4.78 is 0. The van der Waals surface area contributed by atoms with Gasteiger partial charge in [-0.2, -0.15) is 0 Å². The average molecular weight is 250 g/mol. The Morgan fingerprint density at radius 1 is 1.29 bits per heavy atom. The van der Waals surface area contributed by atoms with Gasteiger partial charge in [0.2, 0.25) is 0 Å². The van der Waals surface area contributed by atoms with Crippen LogP contribution in [0, 0.1) is 11.8 Å². The Morgan fingerprint density at radius 3 is 2.82 bits per heavy atom. The Hall–Kier alpha value is -1.02. The first-order valence-electron chi connectivity index (χ1n) is 6.29. The molecule has 2 bridgehead atoms. The molecule has 90 valence electrons. The summed E-state index contributed by atoms with van der Waals surface area (Å²) in [6.07, 6.45) is 5.11. The number of amides is 1. The molecule has 0 unspecified atom stereocenters. The van der Waals surface area contributed by atoms with Crippen molar-refractivity contribution in [2.45, 2.75) is 31.7 Å². The second-order valence-corrected chi connectivity index (χ2v) is 5.70. The van der Waals surface area contributed by atoms with Crippen LogP contribution < -0.4 is 5.32 Å². The fourth-order valence-corrected chi connectivity index (χ4v) is 3.49. The van der Waals surface area contributed by atoms with Crippen molar-refractivity contribution in [3.63, 3.8) is 0 Å². The molecule has 2 aliphatic carbocycles. The van der Waals surface area contributed by atoms with Crippen molar-refractivity contribution in [1.29, 1.82) is 0 Å². The van der Waals surface area contributed by atoms with E-state index in [-0.39, 0.29) is 5.91 Å². The van der Waals surface area contributed by atoms with Gasteiger partial charge in [-0.1, -0.05) is 24.1 Å². The van der Waals surface area contributed by atoms with Crippen LogP contribution in [0.25, 0.3) is 0 Å². The highest BCUT2D eigenvalue weighted by atomic mass is 35.5. The molecule has 0 radical (unpaired) electrons. The molecule has 1 aromatic carbocycles. The zero-order valence-electron chi connectivity index (χ0n) is 9.66. The Balaban J connectivity index is 1.68. The van der Waals surface area contributed by atoms with Gasteiger partial charge in [0.15, 0.2) is 0 Å². The van der Waals surface area contributed by atoms with Gasteiger partial charge in [0.05, 0.1) is 0 Å². The van der Waals surface area contributed by atoms with E-state index in [1.54, 1.807) is 12.1 Å². The highest BCUT2D eigenvalue weighted by Gasteiger charge is 2.40. The van der Waals surface area contributed by atoms with Gasteiger partial charge in [0.25, 0.3) is 5.91 Å². The highest BCUT2D eigenvalue weighted by molar-refractivity contribution is 6.30. The summed E-state index contributed by atoms with van der Waals surface area (Å²) in [6.45, 7) is 0. The summed E-state index contributed by atoms with van der Waals surface area (Å²) in [6, 6.07) is 7.53. The van der Waals surface area contributed by atoms with Crippen LogP contribution in [0.4, 0.5) is 0 Å². The average Bonchev–Trinajstić information content (AvgIpc) is 2.91. The summed E-state index contributed by atoms with van der Waals surface area (Å²) in [5, 5.41) is 3.77. The van der Waals surface area contributed by atoms with E-state index in [0.29, 0.717) is 22.5 Å². The minimum Gasteiger partial charge on any atom is -0.349 e. The van der Waals surface area contributed by atoms with Crippen LogP contribution in [0.5, 0.6) is 0 Å². The minimum absolute atomic E-state index is 0.0186. The molecule has 1 amide bonds. The third-order valence-electron chi connectivity index (χ3n) is 4.14. The van der Waals surface area contributed by atoms with Gasteiger partial charge in [-0.25, -0.2) is 0 Å². The summed E-state index contributed by atoms with van der Waals surface area (Å²) in [5.41, 5.74) is 0.667. The Bertz CT molecular complexity index is 446. The maximum atomic E-state index is 12.1. The van der Waals surface area contributed by atoms with E-state index in [1.807, 2.05) is 12.1 Å². The standard InChI is InChI=1S/C14H16ClNO/c15-12-3-1-2-11(8-12)14(17)16-13-7-9-4-5-10(13)6-9/h1-3,8-10,13H,4-7H2,(H,16,17)/t9-,10+,13-/m0/s1. The lowest BCUT2D eigenvalue weighted by atomic mass is 9.95. The fraction of sp³-hybridized carbons (Fsp3) is 0.500. The van der Waals surface area contributed by atoms with Crippen molar-refractivity contribution in [3.05, 3.63) is 34.9 Å². The van der Waals surface area contributed by atoms with Crippen LogP contribution >= 0.6 is 11.6 Å². The highest BCUT2D eigenvalue weighted by Crippen LogP contribution is 2.44. The largest absolute Gasteiger partial charge is 0.349 e. The van der Waals surface area contributed by atoms with Crippen LogP contribution in [-0.4, -0.2) is 11.9 Å². The molecule has 0 saturated heterocycles. The van der Waals surface area contributed by atoms with E-state index in [9.17, 15) is 4.79 Å². The number of nitrogens with one attached hydrogen (secondary N) is 1. The first-order chi connectivity index (χ1) is 8.22. The molecule has 1 N–H and O–H groups in total. The minimum atomic E-state index is 0.0186. The first-order valence-corrected chi connectivity index (χ1v) is 6.66. The SMILES string of the molecule is O=C(N[C@H]1C[C@H]2CC[C@@H]1C2)c1cccc(Cl)c1. The number of carbonyl (C=O) groups is 1. The Labute approximate surface area is 106 Å². The molecular formula is C14H16ClNO. The molecule has 3 atom stereocenters. The third kappa shape index (κ3) is 2.19. The lowest BCUT2D eigenvalue weighted by Crippen LogP contribution is -2.38. The molecule has 0 heterocycles. The van der Waals surface area contributed by atoms with Crippen LogP contribution in [0.2, 0.25) is 5.02 Å². The Morgan fingerprint density at radius 2 is 2.18 bits per heavy atom. The van der Waals surface area contributed by atoms with Crippen LogP contribution in [0.3, 0.4) is 0 Å². The van der Waals surface area contributed by atoms with Crippen LogP contribution in [-0.2, 0) is 0 Å². The maximum Gasteiger partial charge on any atom is 0.251 e. The number of benzene rings is 1. The topological polar surface area (TPSA) is 29.1 Å². The summed E-state index contributed by atoms with van der Waals surface area (Å²) in [4.78, 5) is 12.1. The second kappa shape index (κ2) is 4.34. The van der Waals surface area contributed by atoms with E-state index in [1.165, 1.54) is 19.3 Å². The molecular weight excluding hydrogens is 234 g/mol. The van der Waals surface area contributed by atoms with E-state index >= 15 is 0 Å². The third-order valence-corrected chi connectivity index (χ3v) is 4.38. The number of carbonyl (C=O) groups excluding carboxylic acids is 1. The molecule has 2 nitrogen and oxygen atoms in total. The molecule has 0 spiro atoms. The van der Waals surface area contributed by atoms with Crippen LogP contribution in [0.15, 0.2) is 24.3 Å². The maximum absolute atomic E-state index is 12.1. The lowest BCUT2D eigenvalue weighted by Gasteiger charge is -2.22. The van der Waals surface area contributed by atoms with Crippen molar-refractivity contribution in [2.75, 3.05) is 0 Å². The van der Waals surface area contributed by atoms with Crippen molar-refractivity contribution < 1.29 is 4.79 Å². The van der Waals surface area contributed by atoms with Gasteiger partial charge in [0.1, 0.15) is 0 Å². The van der Waals surface area contributed by atoms with Gasteiger partial charge >= 0.3 is 0 Å². The predicted molar refractivity (Wildman–Crippen MR) is 68.2 cm³/mol. The molecule has 2 aliphatic rings. The van der Waals surface area contributed by atoms with E-state index in [4.69, 9.17) is 11.6 Å². The van der Waals surface area contributed by atoms with Crippen LogP contribution in [0.1, 0.15) is 36.0 Å². The summed E-state index contributed by atoms with van der Waals surface area (Å²) >= 11 is 5.89. The zero-order valence-corrected chi connectivity index (χ0v) is 10.4. The normalized spacial score (nSPS) is 30.5. The number of rotatable bonds is 2. The fourth-order valence-electron chi connectivity index (χ4n) is 3.30. The summed E-state index contributed by atoms with van der Waals surface area (Å²) in [7, 11) is 0. The van der Waals surface area contributed by atoms with Crippen molar-refractivity contribution in [2.24, 2.45) is 11.8 Å². The van der Waals surface area contributed by atoms with Gasteiger partial charge in [-0.05, 0) is 49.3 Å². The first kappa shape index (κ1) is 11.1. The predicted octanol–water partition coefficient (Wildman–Crippen LogP) is 3.26. The molecule has 3 heteroatoms. The number of halogens is 1. The molecule has 1 aromatic rings. The molecule has 0 aromatic heterocycles. The smallest absolute Gasteiger partial charge is 0.251 e. The van der Waals surface area contributed by atoms with Gasteiger partial charge in [-0.15, -0.1) is 0 Å². The molecule has 17 heavy (non-hydrogen) atoms. The number of hydrogen-bond acceptors (Lipinski definition) is 1. The van der Waals surface area contributed by atoms with Gasteiger partial charge in [-0.3, -0.25) is 4.79 Å². The quantitative estimate of drug-likeness (QED) is 0.857. The Kier molecular flexibility index (Phi) is 2.83. The van der Waals surface area contributed by atoms with E-state index in [0.717, 1.165) is 12.3 Å². The lowest BCUT2D eigenvalue weighted by molar-refractivity contribution is 0.0923. The monoisotopic (exact) mass is 249 g/mol. The van der Waals surface area contributed by atoms with Gasteiger partial charge < -0.3 is 5.32 Å². The van der Waals surface area contributed by atoms with Crippen molar-refractivity contribution in [3.8, 4) is 0 Å². The summed E-state index contributed by atoms with van der Waals surface area (Å²) in [5.74, 6) is 1.58.